The number of amides is 2. The Bertz CT molecular complexity index is 559. The van der Waals surface area contributed by atoms with Gasteiger partial charge in [0.1, 0.15) is 5.82 Å². The van der Waals surface area contributed by atoms with Gasteiger partial charge in [-0.2, -0.15) is 0 Å². The van der Waals surface area contributed by atoms with E-state index in [1.165, 1.54) is 24.3 Å². The summed E-state index contributed by atoms with van der Waals surface area (Å²) in [6.07, 6.45) is -0.0460. The van der Waals surface area contributed by atoms with Crippen molar-refractivity contribution in [3.8, 4) is 0 Å². The van der Waals surface area contributed by atoms with Crippen LogP contribution in [0.1, 0.15) is 13.3 Å². The number of nitrogens with zero attached hydrogens (tertiary/aromatic N) is 1. The van der Waals surface area contributed by atoms with Gasteiger partial charge in [0.25, 0.3) is 5.91 Å². The number of esters is 1. The second-order valence-corrected chi connectivity index (χ2v) is 4.49. The Labute approximate surface area is 120 Å². The van der Waals surface area contributed by atoms with Crippen molar-refractivity contribution in [2.45, 2.75) is 19.4 Å². The number of carbonyl (C=O) groups is 3. The molecule has 1 N–H and O–H groups in total. The van der Waals surface area contributed by atoms with Crippen LogP contribution in [0.2, 0.25) is 0 Å². The van der Waals surface area contributed by atoms with Crippen LogP contribution in [-0.4, -0.2) is 37.0 Å². The summed E-state index contributed by atoms with van der Waals surface area (Å²) >= 11 is 0. The average molecular weight is 294 g/mol. The minimum Gasteiger partial charge on any atom is -0.465 e. The summed E-state index contributed by atoms with van der Waals surface area (Å²) in [5.74, 6) is -1.79. The number of hydrogen-bond donors (Lipinski definition) is 1. The van der Waals surface area contributed by atoms with Crippen molar-refractivity contribution in [2.24, 2.45) is 0 Å². The van der Waals surface area contributed by atoms with Crippen LogP contribution in [0.25, 0.3) is 0 Å². The van der Waals surface area contributed by atoms with Crippen LogP contribution in [0.4, 0.5) is 10.1 Å². The first-order chi connectivity index (χ1) is 10.0. The van der Waals surface area contributed by atoms with Crippen LogP contribution < -0.4 is 10.2 Å². The Morgan fingerprint density at radius 3 is 2.67 bits per heavy atom. The largest absolute Gasteiger partial charge is 0.465 e. The molecule has 1 unspecified atom stereocenters. The molecule has 1 aliphatic heterocycles. The molecule has 0 radical (unpaired) electrons. The van der Waals surface area contributed by atoms with Gasteiger partial charge >= 0.3 is 5.97 Å². The third-order valence-electron chi connectivity index (χ3n) is 3.03. The Kier molecular flexibility index (Phi) is 4.64. The highest BCUT2D eigenvalue weighted by Gasteiger charge is 2.39. The van der Waals surface area contributed by atoms with E-state index in [-0.39, 0.29) is 19.6 Å². The minimum absolute atomic E-state index is 0.0460. The molecule has 0 saturated carbocycles. The molecule has 1 fully saturated rings. The molecule has 1 atom stereocenters. The summed E-state index contributed by atoms with van der Waals surface area (Å²) in [4.78, 5) is 36.3. The van der Waals surface area contributed by atoms with Crippen LogP contribution in [0, 0.1) is 5.82 Å². The predicted octanol–water partition coefficient (Wildman–Crippen LogP) is 0.610. The summed E-state index contributed by atoms with van der Waals surface area (Å²) in [5.41, 5.74) is 0.312. The Balaban J connectivity index is 2.03. The van der Waals surface area contributed by atoms with Gasteiger partial charge < -0.3 is 4.74 Å². The molecule has 1 aromatic carbocycles. The van der Waals surface area contributed by atoms with Crippen LogP contribution in [0.3, 0.4) is 0 Å². The van der Waals surface area contributed by atoms with Crippen molar-refractivity contribution in [3.05, 3.63) is 30.1 Å². The molecule has 0 aromatic heterocycles. The van der Waals surface area contributed by atoms with E-state index >= 15 is 0 Å². The second kappa shape index (κ2) is 6.45. The molecule has 1 aliphatic rings. The average Bonchev–Trinajstić information content (AvgIpc) is 2.73. The molecule has 6 nitrogen and oxygen atoms in total. The van der Waals surface area contributed by atoms with Gasteiger partial charge in [0.2, 0.25) is 5.91 Å². The molecule has 7 heteroatoms. The number of ether oxygens (including phenoxy) is 1. The van der Waals surface area contributed by atoms with Crippen molar-refractivity contribution in [2.75, 3.05) is 18.1 Å². The first-order valence-corrected chi connectivity index (χ1v) is 6.54. The smallest absolute Gasteiger partial charge is 0.319 e. The molecule has 0 aliphatic carbocycles. The number of carbonyl (C=O) groups excluding carboxylic acids is 3. The first kappa shape index (κ1) is 15.1. The van der Waals surface area contributed by atoms with E-state index < -0.39 is 29.6 Å². The van der Waals surface area contributed by atoms with Crippen LogP contribution in [0.5, 0.6) is 0 Å². The van der Waals surface area contributed by atoms with E-state index in [0.717, 1.165) is 4.90 Å². The maximum Gasteiger partial charge on any atom is 0.319 e. The minimum atomic E-state index is -0.771. The summed E-state index contributed by atoms with van der Waals surface area (Å²) in [7, 11) is 0. The molecule has 1 aromatic rings. The topological polar surface area (TPSA) is 75.7 Å². The maximum absolute atomic E-state index is 12.9. The normalized spacial score (nSPS) is 18.2. The summed E-state index contributed by atoms with van der Waals surface area (Å²) < 4.78 is 17.6. The number of benzene rings is 1. The zero-order chi connectivity index (χ0) is 15.4. The van der Waals surface area contributed by atoms with E-state index in [2.05, 4.69) is 5.32 Å². The van der Waals surface area contributed by atoms with Gasteiger partial charge in [-0.05, 0) is 31.2 Å². The van der Waals surface area contributed by atoms with E-state index in [4.69, 9.17) is 4.74 Å². The molecule has 2 amide bonds. The van der Waals surface area contributed by atoms with Gasteiger partial charge in [-0.25, -0.2) is 9.29 Å². The lowest BCUT2D eigenvalue weighted by atomic mass is 10.2. The van der Waals surface area contributed by atoms with E-state index in [9.17, 15) is 18.8 Å². The first-order valence-electron chi connectivity index (χ1n) is 6.54. The zero-order valence-electron chi connectivity index (χ0n) is 11.5. The van der Waals surface area contributed by atoms with E-state index in [1.54, 1.807) is 6.92 Å². The lowest BCUT2D eigenvalue weighted by Crippen LogP contribution is -2.41. The molecule has 1 heterocycles. The monoisotopic (exact) mass is 294 g/mol. The molecular weight excluding hydrogens is 279 g/mol. The Morgan fingerprint density at radius 1 is 1.38 bits per heavy atom. The summed E-state index contributed by atoms with van der Waals surface area (Å²) in [6, 6.07) is 4.30. The Hall–Kier alpha value is -2.28. The Morgan fingerprint density at radius 2 is 2.05 bits per heavy atom. The fourth-order valence-electron chi connectivity index (χ4n) is 2.07. The fourth-order valence-corrected chi connectivity index (χ4v) is 2.07. The molecule has 0 spiro atoms. The van der Waals surface area contributed by atoms with Crippen molar-refractivity contribution >= 4 is 23.5 Å². The highest BCUT2D eigenvalue weighted by Crippen LogP contribution is 2.22. The molecule has 112 valence electrons. The third kappa shape index (κ3) is 3.43. The number of rotatable bonds is 5. The molecular formula is C14H15FN2O4. The standard InChI is InChI=1S/C14H15FN2O4/c1-2-21-13(19)8-16-11-7-12(18)17(14(11)20)10-5-3-9(15)4-6-10/h3-6,11,16H,2,7-8H2,1H3. The fraction of sp³-hybridized carbons (Fsp3) is 0.357. The van der Waals surface area contributed by atoms with E-state index in [1.807, 2.05) is 0 Å². The van der Waals surface area contributed by atoms with Gasteiger partial charge in [-0.15, -0.1) is 0 Å². The van der Waals surface area contributed by atoms with Crippen LogP contribution in [0.15, 0.2) is 24.3 Å². The highest BCUT2D eigenvalue weighted by atomic mass is 19.1. The molecule has 2 rings (SSSR count). The number of nitrogens with one attached hydrogen (secondary N) is 1. The lowest BCUT2D eigenvalue weighted by Gasteiger charge is -2.15. The van der Waals surface area contributed by atoms with Gasteiger partial charge in [-0.3, -0.25) is 19.7 Å². The highest BCUT2D eigenvalue weighted by molar-refractivity contribution is 6.22. The van der Waals surface area contributed by atoms with Crippen molar-refractivity contribution in [1.82, 2.24) is 5.32 Å². The molecule has 0 bridgehead atoms. The van der Waals surface area contributed by atoms with Crippen molar-refractivity contribution < 1.29 is 23.5 Å². The van der Waals surface area contributed by atoms with Crippen LogP contribution in [-0.2, 0) is 19.1 Å². The number of halogens is 1. The van der Waals surface area contributed by atoms with Gasteiger partial charge in [0.05, 0.1) is 31.3 Å². The summed E-state index contributed by atoms with van der Waals surface area (Å²) in [6.45, 7) is 1.78. The third-order valence-corrected chi connectivity index (χ3v) is 3.03. The van der Waals surface area contributed by atoms with Gasteiger partial charge in [0.15, 0.2) is 0 Å². The number of anilines is 1. The predicted molar refractivity (Wildman–Crippen MR) is 71.9 cm³/mol. The molecule has 21 heavy (non-hydrogen) atoms. The quantitative estimate of drug-likeness (QED) is 0.636. The zero-order valence-corrected chi connectivity index (χ0v) is 11.5. The van der Waals surface area contributed by atoms with E-state index in [0.29, 0.717) is 5.69 Å². The summed E-state index contributed by atoms with van der Waals surface area (Å²) in [5, 5.41) is 2.70. The van der Waals surface area contributed by atoms with Crippen LogP contribution >= 0.6 is 0 Å². The lowest BCUT2D eigenvalue weighted by molar-refractivity contribution is -0.142. The SMILES string of the molecule is CCOC(=O)CNC1CC(=O)N(c2ccc(F)cc2)C1=O. The second-order valence-electron chi connectivity index (χ2n) is 4.49. The van der Waals surface area contributed by atoms with Gasteiger partial charge in [-0.1, -0.05) is 0 Å². The number of hydrogen-bond acceptors (Lipinski definition) is 5. The number of imide groups is 1. The van der Waals surface area contributed by atoms with Gasteiger partial charge in [0, 0.05) is 0 Å². The van der Waals surface area contributed by atoms with Crippen molar-refractivity contribution in [3.63, 3.8) is 0 Å². The maximum atomic E-state index is 12.9. The molecule has 1 saturated heterocycles. The van der Waals surface area contributed by atoms with Crippen molar-refractivity contribution in [1.29, 1.82) is 0 Å².